The van der Waals surface area contributed by atoms with E-state index in [1.165, 1.54) is 0 Å². The van der Waals surface area contributed by atoms with Crippen LogP contribution in [0.3, 0.4) is 0 Å². The molecule has 1 aromatic rings. The topological polar surface area (TPSA) is 48.3 Å². The number of oxime groups is 1. The summed E-state index contributed by atoms with van der Waals surface area (Å²) in [6, 6.07) is 8.46. The predicted octanol–water partition coefficient (Wildman–Crippen LogP) is 3.15. The van der Waals surface area contributed by atoms with Gasteiger partial charge in [0, 0.05) is 26.2 Å². The number of methoxy groups -OCH3 is 1. The molecular weight excluding hydrogens is 302 g/mol. The Morgan fingerprint density at radius 1 is 1.08 bits per heavy atom. The van der Waals surface area contributed by atoms with Crippen molar-refractivity contribution in [2.24, 2.45) is 5.16 Å². The highest BCUT2D eigenvalue weighted by Crippen LogP contribution is 2.29. The Bertz CT molecular complexity index is 592. The highest BCUT2D eigenvalue weighted by Gasteiger charge is 2.28. The summed E-state index contributed by atoms with van der Waals surface area (Å²) in [7, 11) is 1.72. The van der Waals surface area contributed by atoms with E-state index < -0.39 is 0 Å². The number of nitrogens with zero attached hydrogens (tertiary/aromatic N) is 3. The highest BCUT2D eigenvalue weighted by atomic mass is 16.5. The molecule has 130 valence electrons. The van der Waals surface area contributed by atoms with E-state index in [-0.39, 0.29) is 6.04 Å². The van der Waals surface area contributed by atoms with E-state index in [1.54, 1.807) is 7.11 Å². The molecular formula is C19H27N3O2. The van der Waals surface area contributed by atoms with E-state index in [1.807, 2.05) is 12.1 Å². The van der Waals surface area contributed by atoms with Crippen molar-refractivity contribution in [3.05, 3.63) is 36.4 Å². The van der Waals surface area contributed by atoms with E-state index >= 15 is 0 Å². The first-order chi connectivity index (χ1) is 11.8. The number of piperazine rings is 1. The molecule has 0 saturated carbocycles. The van der Waals surface area contributed by atoms with Gasteiger partial charge in [-0.2, -0.15) is 0 Å². The zero-order valence-corrected chi connectivity index (χ0v) is 14.4. The van der Waals surface area contributed by atoms with Crippen LogP contribution in [0.2, 0.25) is 0 Å². The summed E-state index contributed by atoms with van der Waals surface area (Å²) in [5.74, 6) is 0.930. The third kappa shape index (κ3) is 3.73. The fourth-order valence-corrected chi connectivity index (χ4v) is 3.73. The Labute approximate surface area is 144 Å². The summed E-state index contributed by atoms with van der Waals surface area (Å²) >= 11 is 0. The molecule has 1 fully saturated rings. The largest absolute Gasteiger partial charge is 0.495 e. The highest BCUT2D eigenvalue weighted by molar-refractivity contribution is 5.89. The summed E-state index contributed by atoms with van der Waals surface area (Å²) in [4.78, 5) is 4.86. The van der Waals surface area contributed by atoms with Gasteiger partial charge in [-0.25, -0.2) is 0 Å². The molecule has 1 aromatic carbocycles. The van der Waals surface area contributed by atoms with Gasteiger partial charge in [-0.3, -0.25) is 4.90 Å². The quantitative estimate of drug-likeness (QED) is 0.526. The fraction of sp³-hybridized carbons (Fsp3) is 0.526. The van der Waals surface area contributed by atoms with Gasteiger partial charge in [-0.05, 0) is 37.8 Å². The van der Waals surface area contributed by atoms with E-state index in [0.717, 1.165) is 69.0 Å². The maximum Gasteiger partial charge on any atom is 0.142 e. The lowest BCUT2D eigenvalue weighted by Crippen LogP contribution is -2.53. The number of allylic oxidation sites excluding steroid dienone is 2. The van der Waals surface area contributed by atoms with Gasteiger partial charge in [0.05, 0.1) is 24.6 Å². The standard InChI is InChI=1S/C19H27N3O2/c1-24-19-11-7-6-10-18(19)22-14-12-21(13-15-22)17-9-5-3-2-4-8-16(17)20-23/h2-3,6-7,10-11,17,23H,4-5,8-9,12-15H2,1H3/b3-2-,20-16+. The third-order valence-electron chi connectivity index (χ3n) is 5.03. The molecule has 1 heterocycles. The molecule has 0 radical (unpaired) electrons. The number of anilines is 1. The van der Waals surface area contributed by atoms with Crippen LogP contribution in [-0.4, -0.2) is 55.1 Å². The number of ether oxygens (including phenoxy) is 1. The molecule has 0 aromatic heterocycles. The molecule has 0 amide bonds. The Hall–Kier alpha value is -2.01. The average Bonchev–Trinajstić information content (AvgIpc) is 2.62. The number of hydrogen-bond donors (Lipinski definition) is 1. The molecule has 3 rings (SSSR count). The average molecular weight is 329 g/mol. The van der Waals surface area contributed by atoms with Crippen molar-refractivity contribution in [3.8, 4) is 5.75 Å². The van der Waals surface area contributed by atoms with Crippen molar-refractivity contribution in [2.75, 3.05) is 38.2 Å². The summed E-state index contributed by atoms with van der Waals surface area (Å²) in [5, 5.41) is 13.0. The van der Waals surface area contributed by atoms with Crippen LogP contribution in [0, 0.1) is 0 Å². The maximum absolute atomic E-state index is 9.42. The van der Waals surface area contributed by atoms with Crippen LogP contribution in [0.4, 0.5) is 5.69 Å². The Kier molecular flexibility index (Phi) is 5.75. The summed E-state index contributed by atoms with van der Waals surface area (Å²) in [6.45, 7) is 3.88. The van der Waals surface area contributed by atoms with Crippen molar-refractivity contribution in [1.82, 2.24) is 4.90 Å². The van der Waals surface area contributed by atoms with Gasteiger partial charge in [0.1, 0.15) is 5.75 Å². The number of benzene rings is 1. The molecule has 1 atom stereocenters. The van der Waals surface area contributed by atoms with Crippen molar-refractivity contribution in [2.45, 2.75) is 31.7 Å². The van der Waals surface area contributed by atoms with Gasteiger partial charge in [0.15, 0.2) is 0 Å². The molecule has 1 N–H and O–H groups in total. The molecule has 1 aliphatic heterocycles. The van der Waals surface area contributed by atoms with E-state index in [9.17, 15) is 5.21 Å². The SMILES string of the molecule is COc1ccccc1N1CCN(C2CC/C=C\CC/C2=N\O)CC1. The Morgan fingerprint density at radius 3 is 2.58 bits per heavy atom. The summed E-state index contributed by atoms with van der Waals surface area (Å²) in [6.07, 6.45) is 8.36. The van der Waals surface area contributed by atoms with Crippen molar-refractivity contribution < 1.29 is 9.94 Å². The minimum Gasteiger partial charge on any atom is -0.495 e. The van der Waals surface area contributed by atoms with Gasteiger partial charge in [0.25, 0.3) is 0 Å². The smallest absolute Gasteiger partial charge is 0.142 e. The first kappa shape index (κ1) is 16.8. The van der Waals surface area contributed by atoms with Gasteiger partial charge in [-0.15, -0.1) is 0 Å². The molecule has 1 aliphatic carbocycles. The molecule has 5 heteroatoms. The molecule has 0 bridgehead atoms. The lowest BCUT2D eigenvalue weighted by atomic mass is 9.96. The lowest BCUT2D eigenvalue weighted by Gasteiger charge is -2.41. The Balaban J connectivity index is 1.66. The second-order valence-corrected chi connectivity index (χ2v) is 6.39. The lowest BCUT2D eigenvalue weighted by molar-refractivity contribution is 0.211. The van der Waals surface area contributed by atoms with E-state index in [2.05, 4.69) is 39.2 Å². The summed E-state index contributed by atoms with van der Waals surface area (Å²) < 4.78 is 5.49. The normalized spacial score (nSPS) is 26.0. The molecule has 1 saturated heterocycles. The van der Waals surface area contributed by atoms with Gasteiger partial charge in [-0.1, -0.05) is 29.4 Å². The monoisotopic (exact) mass is 329 g/mol. The third-order valence-corrected chi connectivity index (χ3v) is 5.03. The Morgan fingerprint density at radius 2 is 1.83 bits per heavy atom. The van der Waals surface area contributed by atoms with Crippen molar-refractivity contribution in [1.29, 1.82) is 0 Å². The minimum atomic E-state index is 0.264. The van der Waals surface area contributed by atoms with Gasteiger partial charge >= 0.3 is 0 Å². The van der Waals surface area contributed by atoms with E-state index in [0.29, 0.717) is 0 Å². The molecule has 24 heavy (non-hydrogen) atoms. The summed E-state index contributed by atoms with van der Waals surface area (Å²) in [5.41, 5.74) is 2.10. The predicted molar refractivity (Wildman–Crippen MR) is 97.4 cm³/mol. The van der Waals surface area contributed by atoms with Crippen LogP contribution in [0.15, 0.2) is 41.6 Å². The van der Waals surface area contributed by atoms with Crippen LogP contribution in [-0.2, 0) is 0 Å². The second-order valence-electron chi connectivity index (χ2n) is 6.39. The molecule has 1 unspecified atom stereocenters. The van der Waals surface area contributed by atoms with Crippen LogP contribution >= 0.6 is 0 Å². The molecule has 2 aliphatic rings. The van der Waals surface area contributed by atoms with Gasteiger partial charge in [0.2, 0.25) is 0 Å². The second kappa shape index (κ2) is 8.20. The number of para-hydroxylation sites is 2. The van der Waals surface area contributed by atoms with E-state index in [4.69, 9.17) is 4.74 Å². The van der Waals surface area contributed by atoms with Crippen molar-refractivity contribution >= 4 is 11.4 Å². The zero-order chi connectivity index (χ0) is 16.8. The van der Waals surface area contributed by atoms with Gasteiger partial charge < -0.3 is 14.8 Å². The number of hydrogen-bond acceptors (Lipinski definition) is 5. The maximum atomic E-state index is 9.42. The first-order valence-corrected chi connectivity index (χ1v) is 8.81. The number of rotatable bonds is 3. The fourth-order valence-electron chi connectivity index (χ4n) is 3.73. The minimum absolute atomic E-state index is 0.264. The molecule has 0 spiro atoms. The zero-order valence-electron chi connectivity index (χ0n) is 14.4. The molecule has 5 nitrogen and oxygen atoms in total. The van der Waals surface area contributed by atoms with Crippen LogP contribution in [0.1, 0.15) is 25.7 Å². The van der Waals surface area contributed by atoms with Crippen LogP contribution in [0.5, 0.6) is 5.75 Å². The van der Waals surface area contributed by atoms with Crippen LogP contribution < -0.4 is 9.64 Å². The van der Waals surface area contributed by atoms with Crippen molar-refractivity contribution in [3.63, 3.8) is 0 Å². The van der Waals surface area contributed by atoms with Crippen LogP contribution in [0.25, 0.3) is 0 Å². The first-order valence-electron chi connectivity index (χ1n) is 8.81.